The Labute approximate surface area is 259 Å². The largest absolute Gasteiger partial charge is 0.322 e. The standard InChI is InChI=1S/C38H31N3O2S/c1-23(2)25-17-19-26(20-18-25)35-34(36(42)40-29-13-5-4-6-14-29)24(3)39-38-41(35)37(43)33(44-38)22-32-30-15-9-7-11-27(30)21-28-12-8-10-16-31(28)32/h4-23,35H,1-3H3,(H,40,42)/b33-22+. The van der Waals surface area contributed by atoms with Crippen LogP contribution in [0.4, 0.5) is 5.69 Å². The van der Waals surface area contributed by atoms with Gasteiger partial charge in [0.1, 0.15) is 0 Å². The van der Waals surface area contributed by atoms with Crippen molar-refractivity contribution in [2.45, 2.75) is 32.7 Å². The number of rotatable bonds is 5. The third kappa shape index (κ3) is 4.87. The summed E-state index contributed by atoms with van der Waals surface area (Å²) in [6.07, 6.45) is 2.00. The summed E-state index contributed by atoms with van der Waals surface area (Å²) in [6.45, 7) is 6.15. The van der Waals surface area contributed by atoms with Crippen LogP contribution in [0.25, 0.3) is 27.6 Å². The van der Waals surface area contributed by atoms with Gasteiger partial charge in [-0.05, 0) is 75.4 Å². The smallest absolute Gasteiger partial charge is 0.271 e. The van der Waals surface area contributed by atoms with Crippen molar-refractivity contribution in [3.05, 3.63) is 157 Å². The van der Waals surface area contributed by atoms with Crippen LogP contribution >= 0.6 is 11.3 Å². The summed E-state index contributed by atoms with van der Waals surface area (Å²) >= 11 is 1.36. The highest BCUT2D eigenvalue weighted by Crippen LogP contribution is 2.32. The zero-order valence-corrected chi connectivity index (χ0v) is 25.6. The van der Waals surface area contributed by atoms with Crippen molar-refractivity contribution in [2.24, 2.45) is 4.99 Å². The van der Waals surface area contributed by atoms with Crippen LogP contribution in [-0.4, -0.2) is 10.5 Å². The number of carbonyl (C=O) groups excluding carboxylic acids is 1. The van der Waals surface area contributed by atoms with E-state index in [0.29, 0.717) is 32.2 Å². The number of para-hydroxylation sites is 1. The normalized spacial score (nSPS) is 15.1. The SMILES string of the molecule is CC1=C(C(=O)Nc2ccccc2)C(c2ccc(C(C)C)cc2)n2c(s/c(=C/c3c4ccccc4cc4ccccc34)c2=O)=N1. The predicted octanol–water partition coefficient (Wildman–Crippen LogP) is 7.30. The fourth-order valence-electron chi connectivity index (χ4n) is 6.05. The van der Waals surface area contributed by atoms with Crippen molar-refractivity contribution in [1.82, 2.24) is 4.57 Å². The summed E-state index contributed by atoms with van der Waals surface area (Å²) in [5.41, 5.74) is 4.64. The molecule has 0 fully saturated rings. The number of hydrogen-bond acceptors (Lipinski definition) is 4. The molecule has 1 atom stereocenters. The first-order valence-corrected chi connectivity index (χ1v) is 15.6. The Morgan fingerprint density at radius 3 is 2.11 bits per heavy atom. The summed E-state index contributed by atoms with van der Waals surface area (Å²) in [7, 11) is 0. The molecular weight excluding hydrogens is 563 g/mol. The van der Waals surface area contributed by atoms with Crippen molar-refractivity contribution in [3.63, 3.8) is 0 Å². The van der Waals surface area contributed by atoms with Crippen LogP contribution < -0.4 is 20.2 Å². The molecule has 0 bridgehead atoms. The quantitative estimate of drug-likeness (QED) is 0.213. The number of benzene rings is 5. The first-order chi connectivity index (χ1) is 21.4. The highest BCUT2D eigenvalue weighted by atomic mass is 32.1. The average molecular weight is 594 g/mol. The molecule has 0 saturated carbocycles. The van der Waals surface area contributed by atoms with Gasteiger partial charge < -0.3 is 5.32 Å². The zero-order chi connectivity index (χ0) is 30.4. The fraction of sp³-hybridized carbons (Fsp3) is 0.132. The molecule has 0 saturated heterocycles. The lowest BCUT2D eigenvalue weighted by Gasteiger charge is -2.25. The first kappa shape index (κ1) is 27.7. The molecule has 5 nitrogen and oxygen atoms in total. The molecule has 5 aromatic carbocycles. The highest BCUT2D eigenvalue weighted by molar-refractivity contribution is 7.07. The Morgan fingerprint density at radius 1 is 0.864 bits per heavy atom. The van der Waals surface area contributed by atoms with E-state index in [0.717, 1.165) is 32.7 Å². The van der Waals surface area contributed by atoms with E-state index < -0.39 is 6.04 Å². The molecule has 1 aliphatic heterocycles. The van der Waals surface area contributed by atoms with Gasteiger partial charge in [0.15, 0.2) is 4.80 Å². The van der Waals surface area contributed by atoms with E-state index >= 15 is 0 Å². The van der Waals surface area contributed by atoms with Crippen molar-refractivity contribution in [1.29, 1.82) is 0 Å². The molecule has 44 heavy (non-hydrogen) atoms. The monoisotopic (exact) mass is 593 g/mol. The van der Waals surface area contributed by atoms with Crippen LogP contribution in [0.3, 0.4) is 0 Å². The first-order valence-electron chi connectivity index (χ1n) is 14.8. The molecule has 7 rings (SSSR count). The summed E-state index contributed by atoms with van der Waals surface area (Å²) in [5, 5.41) is 7.42. The minimum absolute atomic E-state index is 0.166. The summed E-state index contributed by atoms with van der Waals surface area (Å²) in [5.74, 6) is 0.0874. The number of anilines is 1. The Kier molecular flexibility index (Phi) is 7.07. The van der Waals surface area contributed by atoms with Crippen LogP contribution in [0.15, 0.2) is 130 Å². The number of amides is 1. The van der Waals surface area contributed by atoms with Gasteiger partial charge in [0.05, 0.1) is 21.8 Å². The molecule has 1 aromatic heterocycles. The van der Waals surface area contributed by atoms with E-state index in [1.165, 1.54) is 16.9 Å². The third-order valence-electron chi connectivity index (χ3n) is 8.31. The number of nitrogens with zero attached hydrogens (tertiary/aromatic N) is 2. The van der Waals surface area contributed by atoms with Gasteiger partial charge >= 0.3 is 0 Å². The fourth-order valence-corrected chi connectivity index (χ4v) is 7.07. The van der Waals surface area contributed by atoms with E-state index in [9.17, 15) is 9.59 Å². The minimum Gasteiger partial charge on any atom is -0.322 e. The van der Waals surface area contributed by atoms with E-state index in [-0.39, 0.29) is 11.5 Å². The molecule has 6 heteroatoms. The number of carbonyl (C=O) groups is 1. The van der Waals surface area contributed by atoms with Gasteiger partial charge in [0, 0.05) is 5.69 Å². The second-order valence-corrected chi connectivity index (χ2v) is 12.5. The molecule has 0 aliphatic carbocycles. The van der Waals surface area contributed by atoms with Crippen LogP contribution in [0.1, 0.15) is 49.4 Å². The van der Waals surface area contributed by atoms with Gasteiger partial charge in [0.25, 0.3) is 11.5 Å². The van der Waals surface area contributed by atoms with Crippen molar-refractivity contribution >= 4 is 50.6 Å². The maximum atomic E-state index is 14.4. The molecule has 1 aliphatic rings. The number of fused-ring (bicyclic) bond motifs is 3. The van der Waals surface area contributed by atoms with Gasteiger partial charge in [0.2, 0.25) is 0 Å². The highest BCUT2D eigenvalue weighted by Gasteiger charge is 2.32. The summed E-state index contributed by atoms with van der Waals surface area (Å²) in [6, 6.07) is 35.7. The molecular formula is C38H31N3O2S. The van der Waals surface area contributed by atoms with Gasteiger partial charge in [-0.25, -0.2) is 4.99 Å². The molecule has 0 radical (unpaired) electrons. The van der Waals surface area contributed by atoms with E-state index in [1.54, 1.807) is 4.57 Å². The van der Waals surface area contributed by atoms with Gasteiger partial charge in [-0.2, -0.15) is 0 Å². The topological polar surface area (TPSA) is 63.5 Å². The van der Waals surface area contributed by atoms with Gasteiger partial charge in [-0.3, -0.25) is 14.2 Å². The van der Waals surface area contributed by atoms with Crippen molar-refractivity contribution in [2.75, 3.05) is 5.32 Å². The Morgan fingerprint density at radius 2 is 1.48 bits per heavy atom. The van der Waals surface area contributed by atoms with E-state index in [1.807, 2.05) is 79.7 Å². The Bertz CT molecular complexity index is 2220. The number of thiazole rings is 1. The molecule has 2 heterocycles. The second-order valence-electron chi connectivity index (χ2n) is 11.5. The predicted molar refractivity (Wildman–Crippen MR) is 181 cm³/mol. The Balaban J connectivity index is 1.44. The van der Waals surface area contributed by atoms with Crippen molar-refractivity contribution in [3.8, 4) is 0 Å². The summed E-state index contributed by atoms with van der Waals surface area (Å²) in [4.78, 5) is 33.7. The van der Waals surface area contributed by atoms with Gasteiger partial charge in [-0.1, -0.05) is 116 Å². The molecule has 6 aromatic rings. The van der Waals surface area contributed by atoms with Crippen LogP contribution in [0.5, 0.6) is 0 Å². The number of allylic oxidation sites excluding steroid dienone is 1. The van der Waals surface area contributed by atoms with Gasteiger partial charge in [-0.15, -0.1) is 0 Å². The Hall–Kier alpha value is -5.07. The lowest BCUT2D eigenvalue weighted by Crippen LogP contribution is -2.40. The molecule has 1 unspecified atom stereocenters. The molecule has 1 N–H and O–H groups in total. The zero-order valence-electron chi connectivity index (χ0n) is 24.7. The van der Waals surface area contributed by atoms with Crippen LogP contribution in [0.2, 0.25) is 0 Å². The molecule has 1 amide bonds. The lowest BCUT2D eigenvalue weighted by molar-refractivity contribution is -0.113. The number of aromatic nitrogens is 1. The average Bonchev–Trinajstić information content (AvgIpc) is 3.34. The maximum Gasteiger partial charge on any atom is 0.271 e. The third-order valence-corrected chi connectivity index (χ3v) is 9.29. The minimum atomic E-state index is -0.623. The molecule has 216 valence electrons. The van der Waals surface area contributed by atoms with Crippen LogP contribution in [0, 0.1) is 0 Å². The van der Waals surface area contributed by atoms with E-state index in [2.05, 4.69) is 61.6 Å². The van der Waals surface area contributed by atoms with E-state index in [4.69, 9.17) is 4.99 Å². The maximum absolute atomic E-state index is 14.4. The van der Waals surface area contributed by atoms with Crippen molar-refractivity contribution < 1.29 is 4.79 Å². The molecule has 0 spiro atoms. The summed E-state index contributed by atoms with van der Waals surface area (Å²) < 4.78 is 2.27. The number of nitrogens with one attached hydrogen (secondary N) is 1. The number of hydrogen-bond donors (Lipinski definition) is 1. The van der Waals surface area contributed by atoms with Crippen LogP contribution in [-0.2, 0) is 4.79 Å². The second kappa shape index (κ2) is 11.2. The lowest BCUT2D eigenvalue weighted by atomic mass is 9.93.